The van der Waals surface area contributed by atoms with Crippen LogP contribution in [0, 0.1) is 0 Å². The first-order valence-corrected chi connectivity index (χ1v) is 5.13. The smallest absolute Gasteiger partial charge is 0.425 e. The van der Waals surface area contributed by atoms with Gasteiger partial charge in [-0.05, 0) is 25.0 Å². The van der Waals surface area contributed by atoms with Crippen molar-refractivity contribution in [1.29, 1.82) is 0 Å². The molecule has 0 heterocycles. The molecule has 1 aliphatic carbocycles. The van der Waals surface area contributed by atoms with E-state index in [9.17, 15) is 13.2 Å². The molecule has 0 spiro atoms. The van der Waals surface area contributed by atoms with Crippen LogP contribution in [0.4, 0.5) is 13.2 Å². The van der Waals surface area contributed by atoms with Crippen molar-refractivity contribution >= 4 is 0 Å². The monoisotopic (exact) mass is 236 g/mol. The van der Waals surface area contributed by atoms with E-state index in [2.05, 4.69) is 4.74 Å². The quantitative estimate of drug-likeness (QED) is 0.729. The molecule has 1 rings (SSSR count). The second-order valence-electron chi connectivity index (χ2n) is 3.52. The first-order chi connectivity index (χ1) is 7.54. The van der Waals surface area contributed by atoms with Gasteiger partial charge in [-0.3, -0.25) is 0 Å². The van der Waals surface area contributed by atoms with E-state index in [1.807, 2.05) is 0 Å². The number of methoxy groups -OCH3 is 1. The van der Waals surface area contributed by atoms with Gasteiger partial charge in [0, 0.05) is 13.5 Å². The minimum Gasteiger partial charge on any atom is -0.481 e. The Morgan fingerprint density at radius 1 is 1.38 bits per heavy atom. The average molecular weight is 236 g/mol. The van der Waals surface area contributed by atoms with Crippen molar-refractivity contribution in [1.82, 2.24) is 0 Å². The second kappa shape index (κ2) is 5.94. The number of halogens is 3. The molecule has 0 aromatic heterocycles. The summed E-state index contributed by atoms with van der Waals surface area (Å²) in [6, 6.07) is 0. The van der Waals surface area contributed by atoms with Crippen LogP contribution in [0.1, 0.15) is 19.3 Å². The highest BCUT2D eigenvalue weighted by Crippen LogP contribution is 2.28. The van der Waals surface area contributed by atoms with Crippen molar-refractivity contribution in [2.75, 3.05) is 13.7 Å². The fraction of sp³-hybridized carbons (Fsp3) is 0.636. The molecule has 0 saturated carbocycles. The number of allylic oxidation sites excluding steroid dienone is 3. The Labute approximate surface area is 92.7 Å². The standard InChI is InChI=1S/C11H15F3O2/c1-15-8-7-10(11(12,13)14)16-9-5-3-2-4-6-9/h3,5-6,10H,2,4,7-8H2,1H3/t10-/m1/s1. The lowest BCUT2D eigenvalue weighted by atomic mass is 10.1. The van der Waals surface area contributed by atoms with E-state index in [0.29, 0.717) is 5.76 Å². The van der Waals surface area contributed by atoms with Gasteiger partial charge in [-0.2, -0.15) is 13.2 Å². The third kappa shape index (κ3) is 4.26. The molecule has 0 aliphatic heterocycles. The first-order valence-electron chi connectivity index (χ1n) is 5.13. The molecule has 0 bridgehead atoms. The molecule has 0 fully saturated rings. The van der Waals surface area contributed by atoms with Gasteiger partial charge in [0.15, 0.2) is 6.10 Å². The molecule has 0 radical (unpaired) electrons. The predicted octanol–water partition coefficient (Wildman–Crippen LogP) is 3.20. The van der Waals surface area contributed by atoms with Crippen molar-refractivity contribution in [2.24, 2.45) is 0 Å². The fourth-order valence-electron chi connectivity index (χ4n) is 1.36. The van der Waals surface area contributed by atoms with Gasteiger partial charge < -0.3 is 9.47 Å². The van der Waals surface area contributed by atoms with Crippen LogP contribution >= 0.6 is 0 Å². The van der Waals surface area contributed by atoms with Crippen molar-refractivity contribution in [3.8, 4) is 0 Å². The Balaban J connectivity index is 2.56. The van der Waals surface area contributed by atoms with Crippen LogP contribution in [-0.2, 0) is 9.47 Å². The molecule has 1 atom stereocenters. The van der Waals surface area contributed by atoms with E-state index in [-0.39, 0.29) is 13.0 Å². The highest BCUT2D eigenvalue weighted by atomic mass is 19.4. The third-order valence-electron chi connectivity index (χ3n) is 2.19. The van der Waals surface area contributed by atoms with E-state index in [1.165, 1.54) is 7.11 Å². The molecule has 0 aromatic rings. The van der Waals surface area contributed by atoms with Crippen molar-refractivity contribution < 1.29 is 22.6 Å². The van der Waals surface area contributed by atoms with Crippen molar-refractivity contribution in [2.45, 2.75) is 31.5 Å². The minimum atomic E-state index is -4.36. The molecule has 5 heteroatoms. The number of hydrogen-bond acceptors (Lipinski definition) is 2. The van der Waals surface area contributed by atoms with Crippen LogP contribution in [0.2, 0.25) is 0 Å². The zero-order chi connectivity index (χ0) is 12.0. The van der Waals surface area contributed by atoms with Gasteiger partial charge in [0.1, 0.15) is 5.76 Å². The maximum Gasteiger partial charge on any atom is 0.425 e. The molecule has 0 N–H and O–H groups in total. The number of rotatable bonds is 5. The van der Waals surface area contributed by atoms with E-state index in [4.69, 9.17) is 4.74 Å². The Hall–Kier alpha value is -0.970. The van der Waals surface area contributed by atoms with Crippen molar-refractivity contribution in [3.63, 3.8) is 0 Å². The summed E-state index contributed by atoms with van der Waals surface area (Å²) in [5.74, 6) is 0.296. The topological polar surface area (TPSA) is 18.5 Å². The Bertz CT molecular complexity index is 269. The highest BCUT2D eigenvalue weighted by Gasteiger charge is 2.41. The maximum atomic E-state index is 12.6. The number of ether oxygens (including phenoxy) is 2. The first kappa shape index (κ1) is 13.1. The van der Waals surface area contributed by atoms with Gasteiger partial charge in [-0.1, -0.05) is 6.08 Å². The molecular formula is C11H15F3O2. The lowest BCUT2D eigenvalue weighted by molar-refractivity contribution is -0.212. The van der Waals surface area contributed by atoms with E-state index in [0.717, 1.165) is 12.8 Å². The number of alkyl halides is 3. The third-order valence-corrected chi connectivity index (χ3v) is 2.19. The second-order valence-corrected chi connectivity index (χ2v) is 3.52. The molecule has 1 aliphatic rings. The van der Waals surface area contributed by atoms with E-state index < -0.39 is 12.3 Å². The van der Waals surface area contributed by atoms with Crippen LogP contribution in [-0.4, -0.2) is 26.0 Å². The largest absolute Gasteiger partial charge is 0.481 e. The minimum absolute atomic E-state index is 0.0289. The zero-order valence-corrected chi connectivity index (χ0v) is 9.09. The summed E-state index contributed by atoms with van der Waals surface area (Å²) in [6.45, 7) is 0.0289. The van der Waals surface area contributed by atoms with Crippen LogP contribution in [0.5, 0.6) is 0 Å². The Kier molecular flexibility index (Phi) is 4.86. The summed E-state index contributed by atoms with van der Waals surface area (Å²) in [6.07, 6.45) is 0.291. The summed E-state index contributed by atoms with van der Waals surface area (Å²) >= 11 is 0. The molecule has 2 nitrogen and oxygen atoms in total. The molecule has 0 amide bonds. The van der Waals surface area contributed by atoms with E-state index >= 15 is 0 Å². The maximum absolute atomic E-state index is 12.6. The van der Waals surface area contributed by atoms with Gasteiger partial charge in [-0.15, -0.1) is 0 Å². The summed E-state index contributed by atoms with van der Waals surface area (Å²) in [7, 11) is 1.37. The van der Waals surface area contributed by atoms with Crippen LogP contribution in [0.3, 0.4) is 0 Å². The molecule has 0 aromatic carbocycles. The Morgan fingerprint density at radius 3 is 2.62 bits per heavy atom. The van der Waals surface area contributed by atoms with E-state index in [1.54, 1.807) is 18.2 Å². The van der Waals surface area contributed by atoms with Crippen molar-refractivity contribution in [3.05, 3.63) is 24.0 Å². The van der Waals surface area contributed by atoms with Gasteiger partial charge in [-0.25, -0.2) is 0 Å². The Morgan fingerprint density at radius 2 is 2.12 bits per heavy atom. The number of hydrogen-bond donors (Lipinski definition) is 0. The SMILES string of the molecule is COCC[C@@H](OC1=CCCC=C1)C(F)(F)F. The van der Waals surface area contributed by atoms with Gasteiger partial charge in [0.05, 0.1) is 6.61 Å². The molecule has 92 valence electrons. The summed E-state index contributed by atoms with van der Waals surface area (Å²) < 4.78 is 47.3. The van der Waals surface area contributed by atoms with Crippen LogP contribution in [0.25, 0.3) is 0 Å². The van der Waals surface area contributed by atoms with Gasteiger partial charge in [0.25, 0.3) is 0 Å². The molecular weight excluding hydrogens is 221 g/mol. The predicted molar refractivity (Wildman–Crippen MR) is 53.9 cm³/mol. The highest BCUT2D eigenvalue weighted by molar-refractivity contribution is 5.16. The van der Waals surface area contributed by atoms with Crippen LogP contribution in [0.15, 0.2) is 24.0 Å². The molecule has 0 unspecified atom stereocenters. The lowest BCUT2D eigenvalue weighted by Gasteiger charge is -2.22. The molecule has 16 heavy (non-hydrogen) atoms. The van der Waals surface area contributed by atoms with Gasteiger partial charge in [0.2, 0.25) is 0 Å². The summed E-state index contributed by atoms with van der Waals surface area (Å²) in [5.41, 5.74) is 0. The normalized spacial score (nSPS) is 18.1. The average Bonchev–Trinajstić information content (AvgIpc) is 2.24. The zero-order valence-electron chi connectivity index (χ0n) is 9.09. The lowest BCUT2D eigenvalue weighted by Crippen LogP contribution is -2.32. The summed E-state index contributed by atoms with van der Waals surface area (Å²) in [4.78, 5) is 0. The van der Waals surface area contributed by atoms with Gasteiger partial charge >= 0.3 is 6.18 Å². The molecule has 0 saturated heterocycles. The fourth-order valence-corrected chi connectivity index (χ4v) is 1.36. The summed E-state index contributed by atoms with van der Waals surface area (Å²) in [5, 5.41) is 0. The van der Waals surface area contributed by atoms with Crippen LogP contribution < -0.4 is 0 Å².